The van der Waals surface area contributed by atoms with E-state index < -0.39 is 0 Å². The lowest BCUT2D eigenvalue weighted by molar-refractivity contribution is -0.145. The topological polar surface area (TPSA) is 40.6 Å². The Morgan fingerprint density at radius 2 is 1.79 bits per heavy atom. The van der Waals surface area contributed by atoms with Crippen LogP contribution in [0.2, 0.25) is 0 Å². The zero-order chi connectivity index (χ0) is 20.6. The van der Waals surface area contributed by atoms with Gasteiger partial charge >= 0.3 is 0 Å². The lowest BCUT2D eigenvalue weighted by Crippen LogP contribution is -2.48. The van der Waals surface area contributed by atoms with Gasteiger partial charge in [-0.15, -0.1) is 11.3 Å². The van der Waals surface area contributed by atoms with Crippen molar-refractivity contribution in [2.75, 3.05) is 6.54 Å². The summed E-state index contributed by atoms with van der Waals surface area (Å²) in [5, 5.41) is 2.04. The summed E-state index contributed by atoms with van der Waals surface area (Å²) in [6, 6.07) is 14.2. The number of carbonyl (C=O) groups excluding carboxylic acids is 2. The molecule has 1 aliphatic carbocycles. The van der Waals surface area contributed by atoms with Crippen molar-refractivity contribution in [2.45, 2.75) is 65.1 Å². The van der Waals surface area contributed by atoms with E-state index in [0.717, 1.165) is 42.5 Å². The molecule has 1 fully saturated rings. The van der Waals surface area contributed by atoms with E-state index in [0.29, 0.717) is 13.1 Å². The van der Waals surface area contributed by atoms with E-state index in [1.54, 1.807) is 11.3 Å². The van der Waals surface area contributed by atoms with Crippen molar-refractivity contribution >= 4 is 23.2 Å². The fourth-order valence-corrected chi connectivity index (χ4v) is 4.67. The maximum Gasteiger partial charge on any atom is 0.242 e. The lowest BCUT2D eigenvalue weighted by Gasteiger charge is -2.33. The van der Waals surface area contributed by atoms with E-state index in [2.05, 4.69) is 19.9 Å². The van der Waals surface area contributed by atoms with Gasteiger partial charge in [0.1, 0.15) is 6.54 Å². The summed E-state index contributed by atoms with van der Waals surface area (Å²) in [4.78, 5) is 31.4. The van der Waals surface area contributed by atoms with Gasteiger partial charge in [-0.1, -0.05) is 56.2 Å². The molecule has 1 aromatic heterocycles. The molecule has 2 amide bonds. The molecule has 0 aliphatic heterocycles. The van der Waals surface area contributed by atoms with Gasteiger partial charge in [-0.05, 0) is 43.2 Å². The number of carbonyl (C=O) groups is 2. The molecule has 0 saturated heterocycles. The van der Waals surface area contributed by atoms with Gasteiger partial charge in [0.15, 0.2) is 0 Å². The first-order valence-electron chi connectivity index (χ1n) is 10.7. The van der Waals surface area contributed by atoms with Gasteiger partial charge in [0.05, 0.1) is 6.54 Å². The third kappa shape index (κ3) is 5.92. The van der Waals surface area contributed by atoms with Gasteiger partial charge in [-0.3, -0.25) is 9.59 Å². The summed E-state index contributed by atoms with van der Waals surface area (Å²) < 4.78 is 0. The number of rotatable bonds is 9. The molecule has 1 heterocycles. The molecule has 1 atom stereocenters. The molecule has 5 heteroatoms. The van der Waals surface area contributed by atoms with Crippen LogP contribution in [0.25, 0.3) is 0 Å². The van der Waals surface area contributed by atoms with Crippen LogP contribution in [0.1, 0.15) is 56.4 Å². The maximum absolute atomic E-state index is 13.4. The fraction of sp³-hybridized carbons (Fsp3) is 0.500. The van der Waals surface area contributed by atoms with Crippen LogP contribution >= 0.6 is 11.3 Å². The summed E-state index contributed by atoms with van der Waals surface area (Å²) in [6.07, 6.45) is 5.02. The average Bonchev–Trinajstić information content (AvgIpc) is 3.45. The maximum atomic E-state index is 13.4. The first kappa shape index (κ1) is 21.6. The predicted molar refractivity (Wildman–Crippen MR) is 118 cm³/mol. The highest BCUT2D eigenvalue weighted by atomic mass is 32.1. The van der Waals surface area contributed by atoms with Crippen molar-refractivity contribution in [3.8, 4) is 0 Å². The van der Waals surface area contributed by atoms with Crippen LogP contribution in [0.4, 0.5) is 0 Å². The fourth-order valence-electron chi connectivity index (χ4n) is 3.95. The van der Waals surface area contributed by atoms with Crippen molar-refractivity contribution in [3.63, 3.8) is 0 Å². The molecule has 0 radical (unpaired) electrons. The highest BCUT2D eigenvalue weighted by Crippen LogP contribution is 2.27. The monoisotopic (exact) mass is 412 g/mol. The van der Waals surface area contributed by atoms with Crippen molar-refractivity contribution in [1.82, 2.24) is 9.80 Å². The van der Waals surface area contributed by atoms with Gasteiger partial charge in [-0.2, -0.15) is 0 Å². The van der Waals surface area contributed by atoms with Crippen LogP contribution in [0.15, 0.2) is 47.8 Å². The minimum absolute atomic E-state index is 0.0221. The quantitative estimate of drug-likeness (QED) is 0.575. The normalized spacial score (nSPS) is 15.2. The van der Waals surface area contributed by atoms with Gasteiger partial charge in [-0.25, -0.2) is 0 Å². The van der Waals surface area contributed by atoms with Crippen LogP contribution < -0.4 is 0 Å². The second-order valence-corrected chi connectivity index (χ2v) is 9.05. The van der Waals surface area contributed by atoms with Gasteiger partial charge in [0.2, 0.25) is 11.8 Å². The molecular weight excluding hydrogens is 380 g/mol. The Balaban J connectivity index is 1.75. The molecular formula is C24H32N2O2S. The second kappa shape index (κ2) is 10.6. The summed E-state index contributed by atoms with van der Waals surface area (Å²) in [7, 11) is 0. The van der Waals surface area contributed by atoms with E-state index in [9.17, 15) is 9.59 Å². The number of hydrogen-bond acceptors (Lipinski definition) is 3. The van der Waals surface area contributed by atoms with Crippen LogP contribution in [0.3, 0.4) is 0 Å². The Morgan fingerprint density at radius 3 is 2.41 bits per heavy atom. The number of nitrogens with zero attached hydrogens (tertiary/aromatic N) is 2. The SMILES string of the molecule is CC[C@H](C)N(CC(=O)N(Cc1ccccc1)Cc1cccs1)C(=O)C1CCCC1. The first-order valence-corrected chi connectivity index (χ1v) is 11.6. The minimum atomic E-state index is 0.0221. The molecule has 1 saturated carbocycles. The number of benzene rings is 1. The molecule has 156 valence electrons. The molecule has 1 aliphatic rings. The van der Waals surface area contributed by atoms with Crippen molar-refractivity contribution in [3.05, 3.63) is 58.3 Å². The average molecular weight is 413 g/mol. The van der Waals surface area contributed by atoms with Crippen LogP contribution in [-0.2, 0) is 22.7 Å². The smallest absolute Gasteiger partial charge is 0.242 e. The zero-order valence-electron chi connectivity index (χ0n) is 17.5. The Labute approximate surface area is 178 Å². The van der Waals surface area contributed by atoms with Crippen LogP contribution in [0.5, 0.6) is 0 Å². The first-order chi connectivity index (χ1) is 14.1. The van der Waals surface area contributed by atoms with Crippen molar-refractivity contribution in [2.24, 2.45) is 5.92 Å². The Morgan fingerprint density at radius 1 is 1.07 bits per heavy atom. The highest BCUT2D eigenvalue weighted by Gasteiger charge is 2.31. The molecule has 29 heavy (non-hydrogen) atoms. The number of thiophene rings is 1. The van der Waals surface area contributed by atoms with Gasteiger partial charge < -0.3 is 9.80 Å². The third-order valence-electron chi connectivity index (χ3n) is 5.91. The van der Waals surface area contributed by atoms with Gasteiger partial charge in [0, 0.05) is 23.4 Å². The number of hydrogen-bond donors (Lipinski definition) is 0. The molecule has 3 rings (SSSR count). The summed E-state index contributed by atoms with van der Waals surface area (Å²) in [6.45, 7) is 5.45. The summed E-state index contributed by atoms with van der Waals surface area (Å²) in [5.74, 6) is 0.284. The molecule has 1 aromatic carbocycles. The Bertz CT molecular complexity index is 769. The largest absolute Gasteiger partial charge is 0.332 e. The van der Waals surface area contributed by atoms with E-state index >= 15 is 0 Å². The van der Waals surface area contributed by atoms with Crippen LogP contribution in [-0.4, -0.2) is 34.2 Å². The van der Waals surface area contributed by atoms with Crippen LogP contribution in [0, 0.1) is 5.92 Å². The molecule has 0 bridgehead atoms. The Hall–Kier alpha value is -2.14. The minimum Gasteiger partial charge on any atom is -0.332 e. The van der Waals surface area contributed by atoms with Crippen molar-refractivity contribution < 1.29 is 9.59 Å². The van der Waals surface area contributed by atoms with E-state index in [1.165, 1.54) is 0 Å². The molecule has 2 aromatic rings. The number of amides is 2. The second-order valence-electron chi connectivity index (χ2n) is 8.02. The Kier molecular flexibility index (Phi) is 7.87. The lowest BCUT2D eigenvalue weighted by atomic mass is 10.0. The molecule has 4 nitrogen and oxygen atoms in total. The predicted octanol–water partition coefficient (Wildman–Crippen LogP) is 5.09. The third-order valence-corrected chi connectivity index (χ3v) is 6.77. The van der Waals surface area contributed by atoms with E-state index in [4.69, 9.17) is 0 Å². The molecule has 0 unspecified atom stereocenters. The zero-order valence-corrected chi connectivity index (χ0v) is 18.4. The van der Waals surface area contributed by atoms with Gasteiger partial charge in [0.25, 0.3) is 0 Å². The van der Waals surface area contributed by atoms with E-state index in [-0.39, 0.29) is 30.3 Å². The standard InChI is InChI=1S/C24H32N2O2S/c1-3-19(2)26(24(28)21-12-7-8-13-21)18-23(27)25(17-22-14-9-15-29-22)16-20-10-5-4-6-11-20/h4-6,9-11,14-15,19,21H,3,7-8,12-13,16-18H2,1-2H3/t19-/m0/s1. The van der Waals surface area contributed by atoms with Crippen molar-refractivity contribution in [1.29, 1.82) is 0 Å². The van der Waals surface area contributed by atoms with E-state index in [1.807, 2.05) is 51.6 Å². The molecule has 0 N–H and O–H groups in total. The summed E-state index contributed by atoms with van der Waals surface area (Å²) in [5.41, 5.74) is 1.11. The molecule has 0 spiro atoms. The highest BCUT2D eigenvalue weighted by molar-refractivity contribution is 7.09. The summed E-state index contributed by atoms with van der Waals surface area (Å²) >= 11 is 1.66.